The van der Waals surface area contributed by atoms with E-state index in [0.29, 0.717) is 6.54 Å². The molecular weight excluding hydrogens is 365 g/mol. The van der Waals surface area contributed by atoms with Crippen molar-refractivity contribution >= 4 is 29.9 Å². The molecule has 0 aromatic heterocycles. The fraction of sp³-hybridized carbons (Fsp3) is 0.933. The zero-order valence-electron chi connectivity index (χ0n) is 13.2. The molecule has 0 heterocycles. The van der Waals surface area contributed by atoms with Crippen LogP contribution in [0.1, 0.15) is 59.3 Å². The first-order valence-corrected chi connectivity index (χ1v) is 7.88. The van der Waals surface area contributed by atoms with Crippen molar-refractivity contribution in [2.45, 2.75) is 64.9 Å². The van der Waals surface area contributed by atoms with Crippen LogP contribution in [0.2, 0.25) is 0 Å². The molecule has 3 N–H and O–H groups in total. The lowest BCUT2D eigenvalue weighted by molar-refractivity contribution is 0.0306. The highest BCUT2D eigenvalue weighted by molar-refractivity contribution is 14.0. The Morgan fingerprint density at radius 1 is 1.15 bits per heavy atom. The summed E-state index contributed by atoms with van der Waals surface area (Å²) in [6.07, 6.45) is 6.32. The lowest BCUT2D eigenvalue weighted by Crippen LogP contribution is -2.40. The highest BCUT2D eigenvalue weighted by Crippen LogP contribution is 2.27. The van der Waals surface area contributed by atoms with Crippen molar-refractivity contribution in [3.05, 3.63) is 0 Å². The van der Waals surface area contributed by atoms with Gasteiger partial charge in [0.1, 0.15) is 0 Å². The normalized spacial score (nSPS) is 15.7. The summed E-state index contributed by atoms with van der Waals surface area (Å²) in [6.45, 7) is 8.65. The minimum absolute atomic E-state index is 0. The molecule has 0 bridgehead atoms. The van der Waals surface area contributed by atoms with Gasteiger partial charge < -0.3 is 15.7 Å². The van der Waals surface area contributed by atoms with E-state index in [1.807, 2.05) is 0 Å². The number of aliphatic imine (C=N–C) groups is 1. The highest BCUT2D eigenvalue weighted by Gasteiger charge is 2.25. The Hall–Kier alpha value is -0.0400. The van der Waals surface area contributed by atoms with Gasteiger partial charge in [-0.2, -0.15) is 0 Å². The zero-order chi connectivity index (χ0) is 14.1. The molecule has 0 saturated heterocycles. The second kappa shape index (κ2) is 10.7. The van der Waals surface area contributed by atoms with E-state index in [4.69, 9.17) is 0 Å². The van der Waals surface area contributed by atoms with Gasteiger partial charge in [-0.25, -0.2) is 0 Å². The maximum atomic E-state index is 10.6. The first-order chi connectivity index (χ1) is 9.13. The number of halogens is 1. The summed E-state index contributed by atoms with van der Waals surface area (Å²) < 4.78 is 0. The molecule has 120 valence electrons. The standard InChI is InChI=1S/C15H31N3O.HI/c1-4-9-15(19,10-5-2)12-18-14(16-6-3)17-11-13-7-8-13;/h13,19H,4-12H2,1-3H3,(H2,16,17,18);1H. The van der Waals surface area contributed by atoms with Gasteiger partial charge in [-0.15, -0.1) is 24.0 Å². The molecule has 1 saturated carbocycles. The minimum atomic E-state index is -0.633. The molecule has 0 aromatic rings. The van der Waals surface area contributed by atoms with Gasteiger partial charge in [0.25, 0.3) is 0 Å². The van der Waals surface area contributed by atoms with Gasteiger partial charge in [0.05, 0.1) is 12.1 Å². The van der Waals surface area contributed by atoms with E-state index in [9.17, 15) is 5.11 Å². The molecule has 0 spiro atoms. The Bertz CT molecular complexity index is 274. The van der Waals surface area contributed by atoms with E-state index in [2.05, 4.69) is 36.4 Å². The van der Waals surface area contributed by atoms with Crippen LogP contribution in [0.3, 0.4) is 0 Å². The van der Waals surface area contributed by atoms with Gasteiger partial charge >= 0.3 is 0 Å². The summed E-state index contributed by atoms with van der Waals surface area (Å²) in [4.78, 5) is 4.57. The van der Waals surface area contributed by atoms with Gasteiger partial charge in [0, 0.05) is 13.1 Å². The van der Waals surface area contributed by atoms with Crippen molar-refractivity contribution in [3.8, 4) is 0 Å². The van der Waals surface area contributed by atoms with Crippen LogP contribution in [0.5, 0.6) is 0 Å². The van der Waals surface area contributed by atoms with Crippen LogP contribution in [0.25, 0.3) is 0 Å². The molecular formula is C15H32IN3O. The number of nitrogens with zero attached hydrogens (tertiary/aromatic N) is 1. The number of hydrogen-bond acceptors (Lipinski definition) is 2. The van der Waals surface area contributed by atoms with Crippen LogP contribution in [0.15, 0.2) is 4.99 Å². The second-order valence-electron chi connectivity index (χ2n) is 5.74. The Kier molecular flexibility index (Phi) is 10.6. The van der Waals surface area contributed by atoms with Crippen LogP contribution < -0.4 is 10.6 Å². The topological polar surface area (TPSA) is 56.7 Å². The Morgan fingerprint density at radius 3 is 2.20 bits per heavy atom. The van der Waals surface area contributed by atoms with Crippen molar-refractivity contribution in [1.29, 1.82) is 0 Å². The Morgan fingerprint density at radius 2 is 1.75 bits per heavy atom. The van der Waals surface area contributed by atoms with E-state index in [1.165, 1.54) is 12.8 Å². The summed E-state index contributed by atoms with van der Waals surface area (Å²) in [5.41, 5.74) is -0.633. The van der Waals surface area contributed by atoms with Crippen LogP contribution in [0.4, 0.5) is 0 Å². The zero-order valence-corrected chi connectivity index (χ0v) is 15.6. The molecule has 1 aliphatic rings. The number of guanidine groups is 1. The minimum Gasteiger partial charge on any atom is -0.388 e. The molecule has 20 heavy (non-hydrogen) atoms. The quantitative estimate of drug-likeness (QED) is 0.319. The third kappa shape index (κ3) is 8.29. The number of aliphatic hydroxyl groups is 1. The number of rotatable bonds is 9. The van der Waals surface area contributed by atoms with E-state index in [-0.39, 0.29) is 24.0 Å². The van der Waals surface area contributed by atoms with Crippen molar-refractivity contribution < 1.29 is 5.11 Å². The second-order valence-corrected chi connectivity index (χ2v) is 5.74. The van der Waals surface area contributed by atoms with Gasteiger partial charge in [-0.1, -0.05) is 26.7 Å². The van der Waals surface area contributed by atoms with Gasteiger partial charge in [0.15, 0.2) is 5.96 Å². The van der Waals surface area contributed by atoms with Crippen LogP contribution >= 0.6 is 24.0 Å². The molecule has 4 nitrogen and oxygen atoms in total. The predicted octanol–water partition coefficient (Wildman–Crippen LogP) is 2.90. The van der Waals surface area contributed by atoms with Gasteiger partial charge in [-0.05, 0) is 38.5 Å². The first-order valence-electron chi connectivity index (χ1n) is 7.88. The summed E-state index contributed by atoms with van der Waals surface area (Å²) in [6, 6.07) is 0. The maximum Gasteiger partial charge on any atom is 0.191 e. The fourth-order valence-corrected chi connectivity index (χ4v) is 2.34. The lowest BCUT2D eigenvalue weighted by atomic mass is 9.93. The van der Waals surface area contributed by atoms with E-state index in [0.717, 1.165) is 50.7 Å². The van der Waals surface area contributed by atoms with Crippen molar-refractivity contribution in [2.75, 3.05) is 19.6 Å². The Balaban J connectivity index is 0.00000361. The fourth-order valence-electron chi connectivity index (χ4n) is 2.34. The van der Waals surface area contributed by atoms with E-state index >= 15 is 0 Å². The summed E-state index contributed by atoms with van der Waals surface area (Å²) in [5.74, 6) is 1.68. The van der Waals surface area contributed by atoms with Gasteiger partial charge in [0.2, 0.25) is 0 Å². The Labute approximate surface area is 141 Å². The molecule has 0 aliphatic heterocycles. The molecule has 1 aliphatic carbocycles. The largest absolute Gasteiger partial charge is 0.388 e. The lowest BCUT2D eigenvalue weighted by Gasteiger charge is -2.26. The predicted molar refractivity (Wildman–Crippen MR) is 96.9 cm³/mol. The van der Waals surface area contributed by atoms with E-state index < -0.39 is 5.60 Å². The smallest absolute Gasteiger partial charge is 0.191 e. The monoisotopic (exact) mass is 397 g/mol. The SMILES string of the molecule is CCCC(O)(CCC)CN=C(NCC)NCC1CC1.I. The number of nitrogens with one attached hydrogen (secondary N) is 2. The molecule has 0 aromatic carbocycles. The number of hydrogen-bond donors (Lipinski definition) is 3. The average Bonchev–Trinajstić information content (AvgIpc) is 3.17. The maximum absolute atomic E-state index is 10.6. The molecule has 1 fully saturated rings. The van der Waals surface area contributed by atoms with Crippen LogP contribution in [-0.2, 0) is 0 Å². The third-order valence-corrected chi connectivity index (χ3v) is 3.56. The molecule has 0 amide bonds. The molecule has 0 atom stereocenters. The van der Waals surface area contributed by atoms with Crippen molar-refractivity contribution in [2.24, 2.45) is 10.9 Å². The molecule has 5 heteroatoms. The molecule has 0 radical (unpaired) electrons. The van der Waals surface area contributed by atoms with Gasteiger partial charge in [-0.3, -0.25) is 4.99 Å². The van der Waals surface area contributed by atoms with Crippen LogP contribution in [-0.4, -0.2) is 36.3 Å². The average molecular weight is 397 g/mol. The summed E-state index contributed by atoms with van der Waals surface area (Å²) in [7, 11) is 0. The van der Waals surface area contributed by atoms with E-state index in [1.54, 1.807) is 0 Å². The first kappa shape index (κ1) is 20.0. The van der Waals surface area contributed by atoms with Crippen LogP contribution in [0, 0.1) is 5.92 Å². The van der Waals surface area contributed by atoms with Crippen molar-refractivity contribution in [3.63, 3.8) is 0 Å². The third-order valence-electron chi connectivity index (χ3n) is 3.56. The molecule has 1 rings (SSSR count). The molecule has 0 unspecified atom stereocenters. The highest BCUT2D eigenvalue weighted by atomic mass is 127. The summed E-state index contributed by atoms with van der Waals surface area (Å²) in [5, 5.41) is 17.2. The van der Waals surface area contributed by atoms with Crippen molar-refractivity contribution in [1.82, 2.24) is 10.6 Å². The summed E-state index contributed by atoms with van der Waals surface area (Å²) >= 11 is 0.